The van der Waals surface area contributed by atoms with Crippen molar-refractivity contribution >= 4 is 28.6 Å². The lowest BCUT2D eigenvalue weighted by Crippen LogP contribution is -2.50. The molecule has 0 bridgehead atoms. The van der Waals surface area contributed by atoms with Crippen molar-refractivity contribution in [1.29, 1.82) is 0 Å². The summed E-state index contributed by atoms with van der Waals surface area (Å²) in [6.45, 7) is 2.16. The van der Waals surface area contributed by atoms with Crippen LogP contribution in [0.25, 0.3) is 10.9 Å². The number of aromatic nitrogens is 1. The van der Waals surface area contributed by atoms with Gasteiger partial charge in [-0.05, 0) is 31.0 Å². The number of furan rings is 1. The van der Waals surface area contributed by atoms with E-state index in [4.69, 9.17) is 9.40 Å². The Morgan fingerprint density at radius 3 is 2.31 bits per heavy atom. The van der Waals surface area contributed by atoms with Crippen molar-refractivity contribution in [3.63, 3.8) is 0 Å². The predicted molar refractivity (Wildman–Crippen MR) is 129 cm³/mol. The molecule has 3 aliphatic rings. The number of nitrogens with zero attached hydrogens (tertiary/aromatic N) is 4. The molecule has 1 aromatic carbocycles. The van der Waals surface area contributed by atoms with Gasteiger partial charge in [0, 0.05) is 49.7 Å². The quantitative estimate of drug-likeness (QED) is 0.580. The van der Waals surface area contributed by atoms with Gasteiger partial charge in [0.05, 0.1) is 17.3 Å². The van der Waals surface area contributed by atoms with Crippen LogP contribution in [0.4, 0.5) is 0 Å². The van der Waals surface area contributed by atoms with Crippen LogP contribution in [0.2, 0.25) is 0 Å². The molecular weight excluding hydrogens is 444 g/mol. The van der Waals surface area contributed by atoms with Crippen LogP contribution < -0.4 is 0 Å². The van der Waals surface area contributed by atoms with E-state index >= 15 is 0 Å². The number of carbonyl (C=O) groups excluding carboxylic acids is 3. The van der Waals surface area contributed by atoms with Crippen molar-refractivity contribution in [3.8, 4) is 0 Å². The third-order valence-corrected chi connectivity index (χ3v) is 7.60. The van der Waals surface area contributed by atoms with Crippen LogP contribution in [0.1, 0.15) is 69.1 Å². The Balaban J connectivity index is 1.29. The van der Waals surface area contributed by atoms with Gasteiger partial charge in [-0.1, -0.05) is 37.5 Å². The van der Waals surface area contributed by atoms with E-state index in [0.29, 0.717) is 55.3 Å². The van der Waals surface area contributed by atoms with Gasteiger partial charge in [-0.3, -0.25) is 14.4 Å². The summed E-state index contributed by atoms with van der Waals surface area (Å²) in [5, 5.41) is 0.781. The lowest BCUT2D eigenvalue weighted by molar-refractivity contribution is 0.0518. The molecule has 0 spiro atoms. The number of benzene rings is 1. The summed E-state index contributed by atoms with van der Waals surface area (Å²) in [5.74, 6) is -0.000999. The SMILES string of the molecule is O=C(c1ccco1)N1CCN(C(=O)c2c3c(nc4ccccc24)C(=O)N(C2CCCCC2)C3)CC1. The molecule has 1 saturated heterocycles. The van der Waals surface area contributed by atoms with E-state index in [2.05, 4.69) is 0 Å². The van der Waals surface area contributed by atoms with E-state index in [0.717, 1.165) is 36.6 Å². The van der Waals surface area contributed by atoms with Gasteiger partial charge in [-0.15, -0.1) is 0 Å². The molecule has 8 nitrogen and oxygen atoms in total. The van der Waals surface area contributed by atoms with Crippen LogP contribution in [0.5, 0.6) is 0 Å². The minimum Gasteiger partial charge on any atom is -0.459 e. The molecule has 0 atom stereocenters. The van der Waals surface area contributed by atoms with Crippen molar-refractivity contribution in [2.24, 2.45) is 0 Å². The lowest BCUT2D eigenvalue weighted by atomic mass is 9.94. The Kier molecular flexibility index (Phi) is 5.51. The number of piperazine rings is 1. The zero-order valence-corrected chi connectivity index (χ0v) is 19.6. The third kappa shape index (κ3) is 3.77. The Bertz CT molecular complexity index is 1290. The fourth-order valence-corrected chi connectivity index (χ4v) is 5.72. The molecule has 2 fully saturated rings. The van der Waals surface area contributed by atoms with Gasteiger partial charge in [-0.25, -0.2) is 4.98 Å². The summed E-state index contributed by atoms with van der Waals surface area (Å²) in [6, 6.07) is 11.1. The Labute approximate surface area is 203 Å². The van der Waals surface area contributed by atoms with Gasteiger partial charge in [0.2, 0.25) is 0 Å². The van der Waals surface area contributed by atoms with Crippen LogP contribution in [-0.2, 0) is 6.54 Å². The van der Waals surface area contributed by atoms with Crippen LogP contribution in [-0.4, -0.2) is 69.6 Å². The average Bonchev–Trinajstić information content (AvgIpc) is 3.56. The molecule has 3 aromatic rings. The van der Waals surface area contributed by atoms with Gasteiger partial charge in [-0.2, -0.15) is 0 Å². The molecular formula is C27H28N4O4. The molecule has 2 aliphatic heterocycles. The maximum Gasteiger partial charge on any atom is 0.289 e. The second kappa shape index (κ2) is 8.83. The maximum absolute atomic E-state index is 13.9. The number of amides is 3. The first-order valence-corrected chi connectivity index (χ1v) is 12.5. The fourth-order valence-electron chi connectivity index (χ4n) is 5.72. The summed E-state index contributed by atoms with van der Waals surface area (Å²) in [4.78, 5) is 50.1. The largest absolute Gasteiger partial charge is 0.459 e. The number of rotatable bonds is 3. The number of pyridine rings is 1. The highest BCUT2D eigenvalue weighted by atomic mass is 16.3. The first kappa shape index (κ1) is 21.8. The van der Waals surface area contributed by atoms with Crippen LogP contribution >= 0.6 is 0 Å². The first-order chi connectivity index (χ1) is 17.1. The standard InChI is InChI=1S/C27H28N4O4/c32-25(22-11-6-16-35-22)29-12-14-30(15-13-29)26(33)23-19-9-4-5-10-21(19)28-24-20(23)17-31(27(24)34)18-7-2-1-3-8-18/h4-6,9-11,16,18H,1-3,7-8,12-15,17H2. The Morgan fingerprint density at radius 2 is 1.60 bits per heavy atom. The number of hydrogen-bond acceptors (Lipinski definition) is 5. The fraction of sp³-hybridized carbons (Fsp3) is 0.407. The minimum atomic E-state index is -0.161. The van der Waals surface area contributed by atoms with Gasteiger partial charge in [0.1, 0.15) is 5.69 Å². The van der Waals surface area contributed by atoms with E-state index in [9.17, 15) is 14.4 Å². The van der Waals surface area contributed by atoms with Gasteiger partial charge in [0.15, 0.2) is 5.76 Å². The molecule has 0 N–H and O–H groups in total. The van der Waals surface area contributed by atoms with E-state index < -0.39 is 0 Å². The van der Waals surface area contributed by atoms with Crippen molar-refractivity contribution in [2.45, 2.75) is 44.7 Å². The maximum atomic E-state index is 13.9. The summed E-state index contributed by atoms with van der Waals surface area (Å²) >= 11 is 0. The number of carbonyl (C=O) groups is 3. The minimum absolute atomic E-state index is 0.0550. The van der Waals surface area contributed by atoms with Crippen LogP contribution in [0, 0.1) is 0 Å². The van der Waals surface area contributed by atoms with Crippen LogP contribution in [0.15, 0.2) is 47.1 Å². The highest BCUT2D eigenvalue weighted by molar-refractivity contribution is 6.12. The van der Waals surface area contributed by atoms with E-state index in [-0.39, 0.29) is 23.8 Å². The van der Waals surface area contributed by atoms with Gasteiger partial charge < -0.3 is 19.1 Å². The number of fused-ring (bicyclic) bond motifs is 2. The summed E-state index contributed by atoms with van der Waals surface area (Å²) < 4.78 is 5.25. The molecule has 1 saturated carbocycles. The second-order valence-electron chi connectivity index (χ2n) is 9.62. The molecule has 0 unspecified atom stereocenters. The topological polar surface area (TPSA) is 87.0 Å². The lowest BCUT2D eigenvalue weighted by Gasteiger charge is -2.35. The molecule has 0 radical (unpaired) electrons. The van der Waals surface area contributed by atoms with Crippen molar-refractivity contribution < 1.29 is 18.8 Å². The zero-order chi connectivity index (χ0) is 23.9. The van der Waals surface area contributed by atoms with Crippen LogP contribution in [0.3, 0.4) is 0 Å². The highest BCUT2D eigenvalue weighted by Crippen LogP contribution is 2.35. The smallest absolute Gasteiger partial charge is 0.289 e. The molecule has 6 rings (SSSR count). The molecule has 35 heavy (non-hydrogen) atoms. The highest BCUT2D eigenvalue weighted by Gasteiger charge is 2.39. The molecule has 2 aromatic heterocycles. The Hall–Kier alpha value is -3.68. The zero-order valence-electron chi connectivity index (χ0n) is 19.6. The average molecular weight is 473 g/mol. The monoisotopic (exact) mass is 472 g/mol. The third-order valence-electron chi connectivity index (χ3n) is 7.60. The van der Waals surface area contributed by atoms with E-state index in [1.807, 2.05) is 29.2 Å². The van der Waals surface area contributed by atoms with Gasteiger partial charge in [0.25, 0.3) is 17.7 Å². The molecule has 3 amide bonds. The first-order valence-electron chi connectivity index (χ1n) is 12.5. The summed E-state index contributed by atoms with van der Waals surface area (Å²) in [7, 11) is 0. The molecule has 8 heteroatoms. The Morgan fingerprint density at radius 1 is 0.886 bits per heavy atom. The van der Waals surface area contributed by atoms with Gasteiger partial charge >= 0.3 is 0 Å². The summed E-state index contributed by atoms with van der Waals surface area (Å²) in [5.41, 5.74) is 2.42. The van der Waals surface area contributed by atoms with E-state index in [1.54, 1.807) is 21.9 Å². The molecule has 4 heterocycles. The van der Waals surface area contributed by atoms with Crippen molar-refractivity contribution in [3.05, 3.63) is 65.2 Å². The van der Waals surface area contributed by atoms with E-state index in [1.165, 1.54) is 12.7 Å². The van der Waals surface area contributed by atoms with Crippen molar-refractivity contribution in [1.82, 2.24) is 19.7 Å². The predicted octanol–water partition coefficient (Wildman–Crippen LogP) is 3.71. The number of para-hydroxylation sites is 1. The van der Waals surface area contributed by atoms with Crippen molar-refractivity contribution in [2.75, 3.05) is 26.2 Å². The molecule has 180 valence electrons. The molecule has 1 aliphatic carbocycles. The normalized spacial score (nSPS) is 18.9. The number of hydrogen-bond donors (Lipinski definition) is 0. The summed E-state index contributed by atoms with van der Waals surface area (Å²) in [6.07, 6.45) is 6.98. The second-order valence-corrected chi connectivity index (χ2v) is 9.62.